The second-order valence-corrected chi connectivity index (χ2v) is 1.36. The average Bonchev–Trinajstić information content (AvgIpc) is 1.90. The maximum atomic E-state index is 10.4. The van der Waals surface area contributed by atoms with E-state index in [2.05, 4.69) is 20.4 Å². The summed E-state index contributed by atoms with van der Waals surface area (Å²) in [6.45, 7) is 1.34. The highest BCUT2D eigenvalue weighted by Crippen LogP contribution is 1.89. The van der Waals surface area contributed by atoms with Crippen LogP contribution in [0.1, 0.15) is 6.92 Å². The first-order valence-corrected chi connectivity index (χ1v) is 2.21. The number of carbonyl (C=O) groups excluding carboxylic acids is 1. The molecule has 0 aliphatic carbocycles. The average molecular weight is 128 g/mol. The van der Waals surface area contributed by atoms with Crippen molar-refractivity contribution in [2.45, 2.75) is 6.92 Å². The van der Waals surface area contributed by atoms with Gasteiger partial charge in [-0.25, -0.2) is 4.94 Å². The zero-order valence-corrected chi connectivity index (χ0v) is 4.66. The summed E-state index contributed by atoms with van der Waals surface area (Å²) >= 11 is 0. The summed E-state index contributed by atoms with van der Waals surface area (Å²) in [4.78, 5) is 14.5. The first-order chi connectivity index (χ1) is 4.30. The van der Waals surface area contributed by atoms with Crippen LogP contribution in [-0.2, 0) is 9.73 Å². The Hall–Kier alpha value is -1.46. The molecular weight excluding hydrogens is 124 g/mol. The summed E-state index contributed by atoms with van der Waals surface area (Å²) in [6.07, 6.45) is 0. The molecule has 0 aromatic heterocycles. The van der Waals surface area contributed by atoms with Crippen LogP contribution >= 0.6 is 0 Å². The van der Waals surface area contributed by atoms with Crippen LogP contribution in [-0.4, -0.2) is 11.6 Å². The Bertz CT molecular complexity index is 184. The van der Waals surface area contributed by atoms with Crippen molar-refractivity contribution in [3.8, 4) is 0 Å². The molecule has 0 spiro atoms. The summed E-state index contributed by atoms with van der Waals surface area (Å²) in [5, 5.41) is 9.68. The summed E-state index contributed by atoms with van der Waals surface area (Å²) in [5.74, 6) is -0.240. The number of carbonyl (C=O) groups is 1. The van der Waals surface area contributed by atoms with E-state index in [0.717, 1.165) is 0 Å². The largest absolute Gasteiger partial charge is 0.291 e. The third-order valence-corrected chi connectivity index (χ3v) is 0.684. The number of hydrogen-bond acceptors (Lipinski definition) is 6. The zero-order chi connectivity index (χ0) is 6.69. The molecule has 0 radical (unpaired) electrons. The van der Waals surface area contributed by atoms with E-state index < -0.39 is 0 Å². The number of hydrazone groups is 1. The van der Waals surface area contributed by atoms with Crippen molar-refractivity contribution in [2.75, 3.05) is 0 Å². The lowest BCUT2D eigenvalue weighted by Crippen LogP contribution is -2.16. The topological polar surface area (TPSA) is 75.4 Å². The van der Waals surface area contributed by atoms with E-state index in [9.17, 15) is 4.79 Å². The van der Waals surface area contributed by atoms with Crippen molar-refractivity contribution in [1.29, 1.82) is 0 Å². The van der Waals surface area contributed by atoms with Crippen LogP contribution in [0.2, 0.25) is 0 Å². The molecule has 0 unspecified atom stereocenters. The molecule has 0 saturated heterocycles. The number of Topliss-reactive ketones (excluding diaryl/α,β-unsaturated/α-hetero) is 1. The van der Waals surface area contributed by atoms with E-state index in [1.807, 2.05) is 5.59 Å². The molecule has 6 nitrogen and oxygen atoms in total. The fourth-order valence-electron chi connectivity index (χ4n) is 0.312. The molecule has 1 aliphatic heterocycles. The van der Waals surface area contributed by atoms with E-state index in [1.165, 1.54) is 6.92 Å². The fourth-order valence-corrected chi connectivity index (χ4v) is 0.312. The molecule has 0 fully saturated rings. The highest BCUT2D eigenvalue weighted by molar-refractivity contribution is 6.38. The van der Waals surface area contributed by atoms with Gasteiger partial charge in [-0.15, -0.1) is 10.7 Å². The standard InChI is InChI=1S/C3H4N4O2/c1-2(8)3-4-6-9-7-5-3/h6H,1H3. The second kappa shape index (κ2) is 2.21. The van der Waals surface area contributed by atoms with Gasteiger partial charge in [-0.1, -0.05) is 5.11 Å². The normalized spacial score (nSPS) is 15.4. The molecule has 0 saturated carbocycles. The van der Waals surface area contributed by atoms with E-state index in [-0.39, 0.29) is 11.6 Å². The smallest absolute Gasteiger partial charge is 0.242 e. The Morgan fingerprint density at radius 2 is 2.56 bits per heavy atom. The number of hydrogen-bond donors (Lipinski definition) is 1. The lowest BCUT2D eigenvalue weighted by Gasteiger charge is -1.99. The van der Waals surface area contributed by atoms with E-state index in [4.69, 9.17) is 0 Å². The quantitative estimate of drug-likeness (QED) is 0.530. The third-order valence-electron chi connectivity index (χ3n) is 0.684. The summed E-state index contributed by atoms with van der Waals surface area (Å²) in [7, 11) is 0. The zero-order valence-electron chi connectivity index (χ0n) is 4.66. The van der Waals surface area contributed by atoms with Gasteiger partial charge in [-0.05, 0) is 0 Å². The van der Waals surface area contributed by atoms with Crippen LogP contribution in [0.4, 0.5) is 0 Å². The van der Waals surface area contributed by atoms with E-state index in [0.29, 0.717) is 0 Å². The maximum absolute atomic E-state index is 10.4. The molecule has 0 atom stereocenters. The molecule has 1 N–H and O–H groups in total. The number of amidine groups is 1. The van der Waals surface area contributed by atoms with Crippen molar-refractivity contribution in [3.63, 3.8) is 0 Å². The number of rotatable bonds is 1. The highest BCUT2D eigenvalue weighted by Gasteiger charge is 2.06. The van der Waals surface area contributed by atoms with Gasteiger partial charge in [0.25, 0.3) is 0 Å². The Morgan fingerprint density at radius 1 is 1.78 bits per heavy atom. The van der Waals surface area contributed by atoms with E-state index in [1.54, 1.807) is 0 Å². The van der Waals surface area contributed by atoms with Crippen LogP contribution in [0.15, 0.2) is 15.5 Å². The Kier molecular flexibility index (Phi) is 1.39. The Morgan fingerprint density at radius 3 is 2.89 bits per heavy atom. The molecule has 0 aromatic carbocycles. The maximum Gasteiger partial charge on any atom is 0.242 e. The van der Waals surface area contributed by atoms with Crippen LogP contribution in [0, 0.1) is 0 Å². The lowest BCUT2D eigenvalue weighted by atomic mass is 10.4. The van der Waals surface area contributed by atoms with Crippen molar-refractivity contribution in [2.24, 2.45) is 15.5 Å². The summed E-state index contributed by atoms with van der Waals surface area (Å²) < 4.78 is 0. The van der Waals surface area contributed by atoms with Crippen LogP contribution < -0.4 is 5.59 Å². The second-order valence-electron chi connectivity index (χ2n) is 1.36. The molecule has 0 bridgehead atoms. The number of nitrogens with zero attached hydrogens (tertiary/aromatic N) is 3. The summed E-state index contributed by atoms with van der Waals surface area (Å²) in [5.41, 5.74) is 2.02. The molecule has 0 aromatic rings. The van der Waals surface area contributed by atoms with Gasteiger partial charge in [-0.3, -0.25) is 4.79 Å². The van der Waals surface area contributed by atoms with Gasteiger partial charge in [0, 0.05) is 6.92 Å². The Labute approximate surface area is 50.5 Å². The van der Waals surface area contributed by atoms with Crippen LogP contribution in [0.5, 0.6) is 0 Å². The minimum absolute atomic E-state index is 0.0150. The molecule has 1 rings (SSSR count). The molecule has 0 amide bonds. The molecule has 1 heterocycles. The van der Waals surface area contributed by atoms with Gasteiger partial charge >= 0.3 is 0 Å². The van der Waals surface area contributed by atoms with Gasteiger partial charge in [-0.2, -0.15) is 0 Å². The predicted octanol–water partition coefficient (Wildman–Crippen LogP) is -0.209. The van der Waals surface area contributed by atoms with Crippen LogP contribution in [0.25, 0.3) is 0 Å². The van der Waals surface area contributed by atoms with Crippen LogP contribution in [0.3, 0.4) is 0 Å². The molecular formula is C3H4N4O2. The van der Waals surface area contributed by atoms with Crippen molar-refractivity contribution < 1.29 is 9.73 Å². The minimum Gasteiger partial charge on any atom is -0.291 e. The predicted molar refractivity (Wildman–Crippen MR) is 27.2 cm³/mol. The van der Waals surface area contributed by atoms with Crippen molar-refractivity contribution in [1.82, 2.24) is 5.59 Å². The van der Waals surface area contributed by atoms with Gasteiger partial charge in [0.15, 0.2) is 0 Å². The number of ketones is 1. The fraction of sp³-hybridized carbons (Fsp3) is 0.333. The van der Waals surface area contributed by atoms with Gasteiger partial charge in [0.1, 0.15) is 0 Å². The van der Waals surface area contributed by atoms with Gasteiger partial charge in [0.05, 0.1) is 5.28 Å². The molecule has 1 aliphatic rings. The lowest BCUT2D eigenvalue weighted by molar-refractivity contribution is -0.111. The third kappa shape index (κ3) is 1.21. The van der Waals surface area contributed by atoms with Crippen molar-refractivity contribution >= 4 is 11.6 Å². The highest BCUT2D eigenvalue weighted by atomic mass is 16.8. The minimum atomic E-state index is -0.255. The molecule has 9 heavy (non-hydrogen) atoms. The monoisotopic (exact) mass is 128 g/mol. The summed E-state index contributed by atoms with van der Waals surface area (Å²) in [6, 6.07) is 0. The number of nitrogens with one attached hydrogen (secondary N) is 1. The van der Waals surface area contributed by atoms with E-state index >= 15 is 0 Å². The SMILES string of the molecule is CC(=O)C1=NNON=N1. The first-order valence-electron chi connectivity index (χ1n) is 2.21. The Balaban J connectivity index is 2.69. The molecule has 48 valence electrons. The first kappa shape index (κ1) is 5.67. The molecule has 6 heteroatoms. The van der Waals surface area contributed by atoms with Crippen molar-refractivity contribution in [3.05, 3.63) is 0 Å². The van der Waals surface area contributed by atoms with Gasteiger partial charge in [0.2, 0.25) is 11.6 Å². The van der Waals surface area contributed by atoms with Gasteiger partial charge < -0.3 is 0 Å².